The van der Waals surface area contributed by atoms with Crippen LogP contribution in [0.5, 0.6) is 17.2 Å². The molecule has 1 N–H and O–H groups in total. The van der Waals surface area contributed by atoms with Crippen molar-refractivity contribution < 1.29 is 22.6 Å². The molecule has 0 bridgehead atoms. The molecule has 0 unspecified atom stereocenters. The van der Waals surface area contributed by atoms with E-state index in [1.54, 1.807) is 24.3 Å². The highest BCUT2D eigenvalue weighted by atomic mass is 127. The number of sulfonamides is 1. The summed E-state index contributed by atoms with van der Waals surface area (Å²) in [5, 5.41) is 0. The summed E-state index contributed by atoms with van der Waals surface area (Å²) in [5.74, 6) is 1.54. The minimum atomic E-state index is -3.76. The Labute approximate surface area is 148 Å². The van der Waals surface area contributed by atoms with E-state index in [1.165, 1.54) is 33.5 Å². The first-order chi connectivity index (χ1) is 10.9. The molecule has 0 atom stereocenters. The van der Waals surface area contributed by atoms with Gasteiger partial charge in [-0.2, -0.15) is 0 Å². The number of ether oxygens (including phenoxy) is 3. The van der Waals surface area contributed by atoms with E-state index in [2.05, 4.69) is 4.72 Å². The Balaban J connectivity index is 2.40. The lowest BCUT2D eigenvalue weighted by atomic mass is 10.3. The van der Waals surface area contributed by atoms with Crippen LogP contribution in [0.25, 0.3) is 0 Å². The summed E-state index contributed by atoms with van der Waals surface area (Å²) < 4.78 is 43.8. The number of anilines is 1. The number of hydrogen-bond acceptors (Lipinski definition) is 5. The molecule has 0 spiro atoms. The lowest BCUT2D eigenvalue weighted by molar-refractivity contribution is 0.405. The van der Waals surface area contributed by atoms with Gasteiger partial charge in [-0.3, -0.25) is 4.72 Å². The molecule has 0 radical (unpaired) electrons. The van der Waals surface area contributed by atoms with Crippen molar-refractivity contribution in [1.82, 2.24) is 0 Å². The van der Waals surface area contributed by atoms with Crippen LogP contribution >= 0.6 is 22.6 Å². The van der Waals surface area contributed by atoms with Crippen molar-refractivity contribution in [2.24, 2.45) is 0 Å². The van der Waals surface area contributed by atoms with Crippen LogP contribution in [0.3, 0.4) is 0 Å². The third-order valence-electron chi connectivity index (χ3n) is 3.08. The maximum Gasteiger partial charge on any atom is 0.262 e. The Morgan fingerprint density at radius 1 is 0.913 bits per heavy atom. The van der Waals surface area contributed by atoms with Crippen LogP contribution in [-0.4, -0.2) is 29.7 Å². The highest BCUT2D eigenvalue weighted by molar-refractivity contribution is 14.1. The van der Waals surface area contributed by atoms with Gasteiger partial charge in [-0.15, -0.1) is 0 Å². The second kappa shape index (κ2) is 7.26. The Morgan fingerprint density at radius 3 is 2.13 bits per heavy atom. The zero-order valence-corrected chi connectivity index (χ0v) is 15.8. The van der Waals surface area contributed by atoms with Crippen LogP contribution in [0.2, 0.25) is 0 Å². The Hall–Kier alpha value is -1.68. The average molecular weight is 449 g/mol. The van der Waals surface area contributed by atoms with Crippen LogP contribution in [0, 0.1) is 3.57 Å². The fourth-order valence-electron chi connectivity index (χ4n) is 1.91. The smallest absolute Gasteiger partial charge is 0.262 e. The summed E-state index contributed by atoms with van der Waals surface area (Å²) in [7, 11) is 0.743. The van der Waals surface area contributed by atoms with Gasteiger partial charge >= 0.3 is 0 Å². The largest absolute Gasteiger partial charge is 0.497 e. The van der Waals surface area contributed by atoms with E-state index in [-0.39, 0.29) is 4.90 Å². The fraction of sp³-hybridized carbons (Fsp3) is 0.200. The molecule has 0 heterocycles. The number of rotatable bonds is 6. The summed E-state index contributed by atoms with van der Waals surface area (Å²) in [4.78, 5) is 0.132. The van der Waals surface area contributed by atoms with Gasteiger partial charge in [-0.25, -0.2) is 8.42 Å². The zero-order valence-electron chi connectivity index (χ0n) is 12.8. The van der Waals surface area contributed by atoms with Crippen molar-refractivity contribution in [3.05, 3.63) is 40.0 Å². The van der Waals surface area contributed by atoms with E-state index in [1.807, 2.05) is 22.6 Å². The van der Waals surface area contributed by atoms with Crippen molar-refractivity contribution >= 4 is 38.3 Å². The lowest BCUT2D eigenvalue weighted by Gasteiger charge is -2.13. The van der Waals surface area contributed by atoms with E-state index in [4.69, 9.17) is 14.2 Å². The van der Waals surface area contributed by atoms with Gasteiger partial charge in [0.1, 0.15) is 17.2 Å². The molecule has 2 aromatic carbocycles. The van der Waals surface area contributed by atoms with Gasteiger partial charge < -0.3 is 14.2 Å². The molecule has 0 aliphatic rings. The predicted molar refractivity (Wildman–Crippen MR) is 96.1 cm³/mol. The second-order valence-electron chi connectivity index (χ2n) is 4.47. The SMILES string of the molecule is COc1ccc(OC)c(NS(=O)(=O)c2ccc(OC)c(I)c2)c1. The molecular formula is C15H16INO5S. The van der Waals surface area contributed by atoms with Crippen molar-refractivity contribution in [2.75, 3.05) is 26.1 Å². The first-order valence-corrected chi connectivity index (χ1v) is 9.06. The van der Waals surface area contributed by atoms with Crippen LogP contribution in [0.1, 0.15) is 0 Å². The average Bonchev–Trinajstić information content (AvgIpc) is 2.54. The van der Waals surface area contributed by atoms with Gasteiger partial charge in [0.2, 0.25) is 0 Å². The maximum atomic E-state index is 12.6. The Bertz CT molecular complexity index is 808. The molecule has 8 heteroatoms. The quantitative estimate of drug-likeness (QED) is 0.687. The molecule has 23 heavy (non-hydrogen) atoms. The Kier molecular flexibility index (Phi) is 5.58. The molecule has 0 amide bonds. The number of halogens is 1. The van der Waals surface area contributed by atoms with Crippen LogP contribution in [-0.2, 0) is 10.0 Å². The maximum absolute atomic E-state index is 12.6. The molecule has 0 aliphatic carbocycles. The molecule has 0 aromatic heterocycles. The molecule has 2 aromatic rings. The molecule has 0 saturated carbocycles. The third-order valence-corrected chi connectivity index (χ3v) is 5.29. The number of benzene rings is 2. The van der Waals surface area contributed by atoms with Crippen molar-refractivity contribution in [3.8, 4) is 17.2 Å². The van der Waals surface area contributed by atoms with Crippen molar-refractivity contribution in [3.63, 3.8) is 0 Å². The Morgan fingerprint density at radius 2 is 1.57 bits per heavy atom. The van der Waals surface area contributed by atoms with E-state index >= 15 is 0 Å². The van der Waals surface area contributed by atoms with E-state index in [0.717, 1.165) is 0 Å². The number of hydrogen-bond donors (Lipinski definition) is 1. The molecule has 0 saturated heterocycles. The van der Waals surface area contributed by atoms with Gasteiger partial charge in [-0.1, -0.05) is 0 Å². The topological polar surface area (TPSA) is 73.9 Å². The summed E-state index contributed by atoms with van der Waals surface area (Å²) in [5.41, 5.74) is 0.303. The second-order valence-corrected chi connectivity index (χ2v) is 7.31. The van der Waals surface area contributed by atoms with Gasteiger partial charge in [0.05, 0.1) is 35.5 Å². The van der Waals surface area contributed by atoms with Crippen molar-refractivity contribution in [1.29, 1.82) is 0 Å². The number of methoxy groups -OCH3 is 3. The lowest BCUT2D eigenvalue weighted by Crippen LogP contribution is -2.14. The first-order valence-electron chi connectivity index (χ1n) is 6.49. The first kappa shape index (κ1) is 17.7. The molecule has 0 aliphatic heterocycles. The summed E-state index contributed by atoms with van der Waals surface area (Å²) in [6, 6.07) is 9.51. The fourth-order valence-corrected chi connectivity index (χ4v) is 3.95. The van der Waals surface area contributed by atoms with Crippen LogP contribution < -0.4 is 18.9 Å². The molecule has 0 fully saturated rings. The van der Waals surface area contributed by atoms with Gasteiger partial charge in [0.25, 0.3) is 10.0 Å². The summed E-state index contributed by atoms with van der Waals surface area (Å²) in [6.07, 6.45) is 0. The zero-order chi connectivity index (χ0) is 17.0. The van der Waals surface area contributed by atoms with E-state index < -0.39 is 10.0 Å². The summed E-state index contributed by atoms with van der Waals surface area (Å²) >= 11 is 2.02. The molecule has 124 valence electrons. The normalized spacial score (nSPS) is 11.0. The summed E-state index contributed by atoms with van der Waals surface area (Å²) in [6.45, 7) is 0. The molecule has 2 rings (SSSR count). The minimum Gasteiger partial charge on any atom is -0.497 e. The van der Waals surface area contributed by atoms with E-state index in [0.29, 0.717) is 26.5 Å². The highest BCUT2D eigenvalue weighted by Crippen LogP contribution is 2.31. The minimum absolute atomic E-state index is 0.132. The monoisotopic (exact) mass is 449 g/mol. The van der Waals surface area contributed by atoms with Crippen LogP contribution in [0.4, 0.5) is 5.69 Å². The molecular weight excluding hydrogens is 433 g/mol. The van der Waals surface area contributed by atoms with E-state index in [9.17, 15) is 8.42 Å². The van der Waals surface area contributed by atoms with Gasteiger partial charge in [-0.05, 0) is 52.9 Å². The number of nitrogens with one attached hydrogen (secondary N) is 1. The van der Waals surface area contributed by atoms with Gasteiger partial charge in [0, 0.05) is 6.07 Å². The standard InChI is InChI=1S/C15H16INO5S/c1-20-10-4-6-15(22-3)13(8-10)17-23(18,19)11-5-7-14(21-2)12(16)9-11/h4-9,17H,1-3H3. The van der Waals surface area contributed by atoms with Crippen LogP contribution in [0.15, 0.2) is 41.3 Å². The van der Waals surface area contributed by atoms with Crippen molar-refractivity contribution in [2.45, 2.75) is 4.90 Å². The predicted octanol–water partition coefficient (Wildman–Crippen LogP) is 3.12. The molecule has 6 nitrogen and oxygen atoms in total. The van der Waals surface area contributed by atoms with Gasteiger partial charge in [0.15, 0.2) is 0 Å². The highest BCUT2D eigenvalue weighted by Gasteiger charge is 2.18. The third kappa shape index (κ3) is 3.99.